The second-order valence-electron chi connectivity index (χ2n) is 5.22. The van der Waals surface area contributed by atoms with Crippen molar-refractivity contribution in [3.05, 3.63) is 0 Å². The lowest BCUT2D eigenvalue weighted by molar-refractivity contribution is -0.139. The van der Waals surface area contributed by atoms with E-state index in [-0.39, 0.29) is 17.7 Å². The van der Waals surface area contributed by atoms with Gasteiger partial charge < -0.3 is 4.74 Å². The summed E-state index contributed by atoms with van der Waals surface area (Å²) in [5, 5.41) is 0. The molecule has 3 unspecified atom stereocenters. The first-order valence-corrected chi connectivity index (χ1v) is 6.59. The highest BCUT2D eigenvalue weighted by atomic mass is 16.6. The maximum absolute atomic E-state index is 11.6. The van der Waals surface area contributed by atoms with Gasteiger partial charge in [0.2, 0.25) is 11.8 Å². The van der Waals surface area contributed by atoms with Crippen LogP contribution in [0.25, 0.3) is 0 Å². The molecule has 2 heterocycles. The van der Waals surface area contributed by atoms with Gasteiger partial charge in [0.05, 0.1) is 12.2 Å². The molecule has 0 saturated carbocycles. The first kappa shape index (κ1) is 12.6. The Kier molecular flexibility index (Phi) is 3.82. The number of likely N-dealkylation sites (tertiary alicyclic amines) is 1. The van der Waals surface area contributed by atoms with Crippen LogP contribution in [0.3, 0.4) is 0 Å². The Balaban J connectivity index is 1.58. The number of unbranched alkanes of at least 4 members (excludes halogenated alkanes) is 2. The third-order valence-electron chi connectivity index (χ3n) is 3.68. The Hall–Kier alpha value is -0.900. The molecule has 2 amide bonds. The van der Waals surface area contributed by atoms with Crippen LogP contribution in [0.5, 0.6) is 0 Å². The van der Waals surface area contributed by atoms with Gasteiger partial charge in [0, 0.05) is 18.9 Å². The van der Waals surface area contributed by atoms with Crippen molar-refractivity contribution in [2.24, 2.45) is 5.92 Å². The van der Waals surface area contributed by atoms with Crippen molar-refractivity contribution in [3.63, 3.8) is 0 Å². The van der Waals surface area contributed by atoms with Crippen LogP contribution in [0.15, 0.2) is 0 Å². The number of rotatable bonds is 6. The number of imide groups is 1. The van der Waals surface area contributed by atoms with Crippen molar-refractivity contribution >= 4 is 11.8 Å². The van der Waals surface area contributed by atoms with Crippen molar-refractivity contribution in [3.8, 4) is 0 Å². The van der Waals surface area contributed by atoms with E-state index in [0.717, 1.165) is 25.7 Å². The molecule has 0 radical (unpaired) electrons. The first-order valence-electron chi connectivity index (χ1n) is 6.59. The smallest absolute Gasteiger partial charge is 0.232 e. The van der Waals surface area contributed by atoms with Crippen LogP contribution >= 0.6 is 0 Å². The van der Waals surface area contributed by atoms with Crippen molar-refractivity contribution in [1.82, 2.24) is 4.90 Å². The van der Waals surface area contributed by atoms with Gasteiger partial charge in [0.15, 0.2) is 0 Å². The Morgan fingerprint density at radius 2 is 1.94 bits per heavy atom. The number of nitrogens with zero attached hydrogens (tertiary/aromatic N) is 1. The zero-order valence-corrected chi connectivity index (χ0v) is 10.6. The largest absolute Gasteiger partial charge is 0.370 e. The molecule has 0 spiro atoms. The fraction of sp³-hybridized carbons (Fsp3) is 0.846. The summed E-state index contributed by atoms with van der Waals surface area (Å²) in [6.07, 6.45) is 5.53. The third kappa shape index (κ3) is 3.06. The maximum atomic E-state index is 11.6. The maximum Gasteiger partial charge on any atom is 0.232 e. The van der Waals surface area contributed by atoms with Gasteiger partial charge in [0.25, 0.3) is 0 Å². The second-order valence-corrected chi connectivity index (χ2v) is 5.22. The summed E-state index contributed by atoms with van der Waals surface area (Å²) in [6, 6.07) is 0. The Bertz CT molecular complexity index is 316. The van der Waals surface area contributed by atoms with Gasteiger partial charge in [-0.1, -0.05) is 19.8 Å². The van der Waals surface area contributed by atoms with E-state index in [1.807, 2.05) is 6.92 Å². The molecule has 4 heteroatoms. The molecular weight excluding hydrogens is 218 g/mol. The van der Waals surface area contributed by atoms with Gasteiger partial charge in [-0.3, -0.25) is 14.5 Å². The van der Waals surface area contributed by atoms with E-state index in [9.17, 15) is 9.59 Å². The van der Waals surface area contributed by atoms with E-state index in [4.69, 9.17) is 4.74 Å². The van der Waals surface area contributed by atoms with Crippen LogP contribution in [0.2, 0.25) is 0 Å². The number of carbonyl (C=O) groups excluding carboxylic acids is 2. The van der Waals surface area contributed by atoms with E-state index in [0.29, 0.717) is 25.2 Å². The highest BCUT2D eigenvalue weighted by Gasteiger charge is 2.35. The topological polar surface area (TPSA) is 49.9 Å². The van der Waals surface area contributed by atoms with Crippen LogP contribution < -0.4 is 0 Å². The first-order chi connectivity index (χ1) is 8.09. The molecule has 2 saturated heterocycles. The fourth-order valence-electron chi connectivity index (χ4n) is 2.41. The van der Waals surface area contributed by atoms with Crippen molar-refractivity contribution in [1.29, 1.82) is 0 Å². The monoisotopic (exact) mass is 239 g/mol. The number of hydrogen-bond donors (Lipinski definition) is 0. The molecule has 2 aliphatic heterocycles. The number of hydrogen-bond acceptors (Lipinski definition) is 3. The molecule has 2 fully saturated rings. The standard InChI is InChI=1S/C13H21NO3/c1-9-8-12(15)14(13(9)16)7-5-3-4-6-11-10(2)17-11/h9-11H,3-8H2,1-2H3. The minimum atomic E-state index is -0.108. The van der Waals surface area contributed by atoms with E-state index >= 15 is 0 Å². The molecule has 0 N–H and O–H groups in total. The minimum Gasteiger partial charge on any atom is -0.370 e. The molecule has 2 aliphatic rings. The second kappa shape index (κ2) is 5.17. The lowest BCUT2D eigenvalue weighted by atomic mass is 10.1. The number of ether oxygens (including phenoxy) is 1. The molecule has 0 aromatic heterocycles. The average Bonchev–Trinajstić information content (AvgIpc) is 2.92. The summed E-state index contributed by atoms with van der Waals surface area (Å²) in [4.78, 5) is 24.6. The summed E-state index contributed by atoms with van der Waals surface area (Å²) in [5.74, 6) is -0.0981. The van der Waals surface area contributed by atoms with Gasteiger partial charge in [-0.25, -0.2) is 0 Å². The van der Waals surface area contributed by atoms with Crippen LogP contribution in [0.4, 0.5) is 0 Å². The summed E-state index contributed by atoms with van der Waals surface area (Å²) < 4.78 is 5.33. The Labute approximate surface area is 102 Å². The van der Waals surface area contributed by atoms with E-state index in [1.165, 1.54) is 4.90 Å². The lowest BCUT2D eigenvalue weighted by Gasteiger charge is -2.13. The van der Waals surface area contributed by atoms with E-state index < -0.39 is 0 Å². The number of carbonyl (C=O) groups is 2. The SMILES string of the molecule is CC1CC(=O)N(CCCCCC2OC2C)C1=O. The molecule has 0 aromatic carbocycles. The molecule has 0 bridgehead atoms. The molecule has 4 nitrogen and oxygen atoms in total. The Morgan fingerprint density at radius 1 is 1.24 bits per heavy atom. The normalized spacial score (nSPS) is 32.4. The van der Waals surface area contributed by atoms with E-state index in [2.05, 4.69) is 6.92 Å². The Morgan fingerprint density at radius 3 is 2.47 bits per heavy atom. The summed E-state index contributed by atoms with van der Waals surface area (Å²) in [5.41, 5.74) is 0. The van der Waals surface area contributed by atoms with Crippen molar-refractivity contribution in [2.45, 2.75) is 58.2 Å². The van der Waals surface area contributed by atoms with Gasteiger partial charge >= 0.3 is 0 Å². The zero-order chi connectivity index (χ0) is 12.4. The van der Waals surface area contributed by atoms with Gasteiger partial charge in [-0.05, 0) is 19.8 Å². The minimum absolute atomic E-state index is 0.00153. The van der Waals surface area contributed by atoms with Gasteiger partial charge in [-0.2, -0.15) is 0 Å². The highest BCUT2D eigenvalue weighted by molar-refractivity contribution is 6.03. The molecule has 0 aliphatic carbocycles. The highest BCUT2D eigenvalue weighted by Crippen LogP contribution is 2.26. The van der Waals surface area contributed by atoms with E-state index in [1.54, 1.807) is 0 Å². The number of epoxide rings is 1. The predicted molar refractivity (Wildman–Crippen MR) is 63.3 cm³/mol. The zero-order valence-electron chi connectivity index (χ0n) is 10.6. The van der Waals surface area contributed by atoms with Crippen LogP contribution in [0.1, 0.15) is 46.0 Å². The van der Waals surface area contributed by atoms with Gasteiger partial charge in [-0.15, -0.1) is 0 Å². The van der Waals surface area contributed by atoms with Crippen LogP contribution in [-0.4, -0.2) is 35.5 Å². The average molecular weight is 239 g/mol. The molecule has 17 heavy (non-hydrogen) atoms. The summed E-state index contributed by atoms with van der Waals surface area (Å²) >= 11 is 0. The molecule has 96 valence electrons. The molecular formula is C13H21NO3. The molecule has 2 rings (SSSR count). The number of amides is 2. The predicted octanol–water partition coefficient (Wildman–Crippen LogP) is 1.73. The lowest BCUT2D eigenvalue weighted by Crippen LogP contribution is -2.31. The quantitative estimate of drug-likeness (QED) is 0.403. The van der Waals surface area contributed by atoms with Crippen LogP contribution in [0, 0.1) is 5.92 Å². The third-order valence-corrected chi connectivity index (χ3v) is 3.68. The van der Waals surface area contributed by atoms with Crippen LogP contribution in [-0.2, 0) is 14.3 Å². The molecule has 0 aromatic rings. The summed E-state index contributed by atoms with van der Waals surface area (Å²) in [6.45, 7) is 4.52. The summed E-state index contributed by atoms with van der Waals surface area (Å²) in [7, 11) is 0. The van der Waals surface area contributed by atoms with Gasteiger partial charge in [0.1, 0.15) is 0 Å². The fourth-order valence-corrected chi connectivity index (χ4v) is 2.41. The van der Waals surface area contributed by atoms with Crippen molar-refractivity contribution in [2.75, 3.05) is 6.54 Å². The molecule has 3 atom stereocenters. The van der Waals surface area contributed by atoms with Crippen molar-refractivity contribution < 1.29 is 14.3 Å².